The van der Waals surface area contributed by atoms with Crippen molar-refractivity contribution in [2.45, 2.75) is 44.2 Å². The van der Waals surface area contributed by atoms with Gasteiger partial charge in [0.15, 0.2) is 0 Å². The number of nitrogens with one attached hydrogen (secondary N) is 1. The van der Waals surface area contributed by atoms with Crippen molar-refractivity contribution in [3.63, 3.8) is 0 Å². The molecule has 3 aromatic rings. The zero-order valence-corrected chi connectivity index (χ0v) is 18.2. The lowest BCUT2D eigenvalue weighted by molar-refractivity contribution is -0.130. The summed E-state index contributed by atoms with van der Waals surface area (Å²) in [5, 5.41) is 4.19. The van der Waals surface area contributed by atoms with Gasteiger partial charge in [0.05, 0.1) is 17.1 Å². The maximum Gasteiger partial charge on any atom is 0.253 e. The minimum absolute atomic E-state index is 0.147. The van der Waals surface area contributed by atoms with Crippen LogP contribution in [0.25, 0.3) is 10.9 Å². The van der Waals surface area contributed by atoms with Gasteiger partial charge in [-0.3, -0.25) is 14.6 Å². The van der Waals surface area contributed by atoms with Crippen LogP contribution in [0, 0.1) is 0 Å². The van der Waals surface area contributed by atoms with Crippen molar-refractivity contribution < 1.29 is 14.3 Å². The Labute approximate surface area is 187 Å². The first-order valence-electron chi connectivity index (χ1n) is 11.3. The van der Waals surface area contributed by atoms with Gasteiger partial charge in [-0.25, -0.2) is 0 Å². The monoisotopic (exact) mass is 429 g/mol. The van der Waals surface area contributed by atoms with Gasteiger partial charge >= 0.3 is 0 Å². The fourth-order valence-corrected chi connectivity index (χ4v) is 4.99. The summed E-state index contributed by atoms with van der Waals surface area (Å²) in [6, 6.07) is 17.2. The molecule has 1 spiro atoms. The van der Waals surface area contributed by atoms with Crippen LogP contribution in [0.5, 0.6) is 5.75 Å². The molecular formula is C26H27N3O3. The quantitative estimate of drug-likeness (QED) is 0.675. The first-order chi connectivity index (χ1) is 15.6. The molecule has 1 fully saturated rings. The van der Waals surface area contributed by atoms with E-state index in [1.54, 1.807) is 6.20 Å². The zero-order valence-electron chi connectivity index (χ0n) is 18.2. The molecular weight excluding hydrogens is 402 g/mol. The van der Waals surface area contributed by atoms with Crippen molar-refractivity contribution >= 4 is 22.7 Å². The number of para-hydroxylation sites is 2. The highest BCUT2D eigenvalue weighted by atomic mass is 16.5. The molecule has 6 nitrogen and oxygen atoms in total. The van der Waals surface area contributed by atoms with E-state index in [4.69, 9.17) is 4.74 Å². The molecule has 0 aliphatic carbocycles. The van der Waals surface area contributed by atoms with Crippen molar-refractivity contribution in [1.29, 1.82) is 0 Å². The van der Waals surface area contributed by atoms with Gasteiger partial charge in [0.2, 0.25) is 5.91 Å². The van der Waals surface area contributed by atoms with E-state index >= 15 is 0 Å². The summed E-state index contributed by atoms with van der Waals surface area (Å²) in [4.78, 5) is 32.2. The summed E-state index contributed by atoms with van der Waals surface area (Å²) < 4.78 is 6.53. The molecule has 3 heterocycles. The van der Waals surface area contributed by atoms with E-state index in [9.17, 15) is 9.59 Å². The van der Waals surface area contributed by atoms with E-state index in [2.05, 4.69) is 10.3 Å². The second-order valence-electron chi connectivity index (χ2n) is 8.66. The third-order valence-electron chi connectivity index (χ3n) is 6.75. The average Bonchev–Trinajstić information content (AvgIpc) is 2.97. The number of ether oxygens (including phenoxy) is 1. The number of rotatable bonds is 3. The molecule has 0 bridgehead atoms. The molecule has 32 heavy (non-hydrogen) atoms. The Morgan fingerprint density at radius 1 is 1.16 bits per heavy atom. The first kappa shape index (κ1) is 20.5. The maximum atomic E-state index is 13.4. The maximum absolute atomic E-state index is 13.4. The van der Waals surface area contributed by atoms with E-state index < -0.39 is 5.60 Å². The van der Waals surface area contributed by atoms with Crippen LogP contribution in [0.1, 0.15) is 54.6 Å². The SMILES string of the molecule is CCN1CCC2(CCC1=O)CC(NC(=O)c1cccc3cccnc13)c1ccccc1O2. The Hall–Kier alpha value is -3.41. The lowest BCUT2D eigenvalue weighted by atomic mass is 9.82. The van der Waals surface area contributed by atoms with Gasteiger partial charge in [0, 0.05) is 49.5 Å². The Kier molecular flexibility index (Phi) is 5.29. The number of likely N-dealkylation sites (tertiary alicyclic amines) is 1. The van der Waals surface area contributed by atoms with E-state index in [0.29, 0.717) is 43.4 Å². The second-order valence-corrected chi connectivity index (χ2v) is 8.66. The number of amides is 2. The van der Waals surface area contributed by atoms with Crippen molar-refractivity contribution in [2.24, 2.45) is 0 Å². The Balaban J connectivity index is 1.46. The van der Waals surface area contributed by atoms with Crippen LogP contribution in [0.4, 0.5) is 0 Å². The number of pyridine rings is 1. The number of hydrogen-bond acceptors (Lipinski definition) is 4. The normalized spacial score (nSPS) is 22.8. The average molecular weight is 430 g/mol. The van der Waals surface area contributed by atoms with Crippen LogP contribution >= 0.6 is 0 Å². The topological polar surface area (TPSA) is 71.5 Å². The number of carbonyl (C=O) groups is 2. The zero-order chi connectivity index (χ0) is 22.1. The molecule has 6 heteroatoms. The highest BCUT2D eigenvalue weighted by molar-refractivity contribution is 6.05. The van der Waals surface area contributed by atoms with Gasteiger partial charge in [-0.2, -0.15) is 0 Å². The van der Waals surface area contributed by atoms with Gasteiger partial charge in [-0.05, 0) is 31.5 Å². The molecule has 2 unspecified atom stereocenters. The third-order valence-corrected chi connectivity index (χ3v) is 6.75. The lowest BCUT2D eigenvalue weighted by Crippen LogP contribution is -2.46. The lowest BCUT2D eigenvalue weighted by Gasteiger charge is -2.42. The standard InChI is InChI=1S/C26H27N3O3/c1-2-29-16-14-26(13-12-23(29)30)17-21(19-9-3-4-11-22(19)32-26)28-25(31)20-10-5-7-18-8-6-15-27-24(18)20/h3-11,15,21H,2,12-14,16-17H2,1H3,(H,28,31). The fraction of sp³-hybridized carbons (Fsp3) is 0.346. The van der Waals surface area contributed by atoms with Gasteiger partial charge in [-0.15, -0.1) is 0 Å². The van der Waals surface area contributed by atoms with E-state index in [1.165, 1.54) is 0 Å². The van der Waals surface area contributed by atoms with E-state index in [0.717, 1.165) is 23.1 Å². The summed E-state index contributed by atoms with van der Waals surface area (Å²) in [5.74, 6) is 0.817. The minimum atomic E-state index is -0.469. The van der Waals surface area contributed by atoms with Crippen LogP contribution < -0.4 is 10.1 Å². The van der Waals surface area contributed by atoms with Gasteiger partial charge in [-0.1, -0.05) is 36.4 Å². The van der Waals surface area contributed by atoms with E-state index in [-0.39, 0.29) is 17.9 Å². The predicted molar refractivity (Wildman–Crippen MR) is 122 cm³/mol. The second kappa shape index (κ2) is 8.26. The number of aromatic nitrogens is 1. The smallest absolute Gasteiger partial charge is 0.253 e. The van der Waals surface area contributed by atoms with Crippen molar-refractivity contribution in [2.75, 3.05) is 13.1 Å². The molecule has 0 saturated carbocycles. The van der Waals surface area contributed by atoms with Crippen molar-refractivity contribution in [1.82, 2.24) is 15.2 Å². The summed E-state index contributed by atoms with van der Waals surface area (Å²) >= 11 is 0. The Morgan fingerprint density at radius 2 is 2.00 bits per heavy atom. The number of carbonyl (C=O) groups excluding carboxylic acids is 2. The van der Waals surface area contributed by atoms with Crippen LogP contribution in [-0.4, -0.2) is 40.4 Å². The Bertz CT molecular complexity index is 1170. The van der Waals surface area contributed by atoms with Gasteiger partial charge < -0.3 is 15.0 Å². The highest BCUT2D eigenvalue weighted by Gasteiger charge is 2.43. The molecule has 2 amide bonds. The molecule has 2 aliphatic heterocycles. The summed E-state index contributed by atoms with van der Waals surface area (Å²) in [6.07, 6.45) is 4.21. The van der Waals surface area contributed by atoms with Gasteiger partial charge in [0.1, 0.15) is 11.4 Å². The molecule has 164 valence electrons. The van der Waals surface area contributed by atoms with Crippen molar-refractivity contribution in [3.8, 4) is 5.75 Å². The molecule has 1 saturated heterocycles. The van der Waals surface area contributed by atoms with Crippen LogP contribution in [-0.2, 0) is 4.79 Å². The largest absolute Gasteiger partial charge is 0.487 e. The molecule has 2 aliphatic rings. The number of nitrogens with zero attached hydrogens (tertiary/aromatic N) is 2. The van der Waals surface area contributed by atoms with Crippen LogP contribution in [0.15, 0.2) is 60.8 Å². The van der Waals surface area contributed by atoms with Crippen LogP contribution in [0.2, 0.25) is 0 Å². The van der Waals surface area contributed by atoms with Gasteiger partial charge in [0.25, 0.3) is 5.91 Å². The summed E-state index contributed by atoms with van der Waals surface area (Å²) in [7, 11) is 0. The first-order valence-corrected chi connectivity index (χ1v) is 11.3. The predicted octanol–water partition coefficient (Wildman–Crippen LogP) is 4.26. The number of fused-ring (bicyclic) bond motifs is 2. The van der Waals surface area contributed by atoms with Crippen LogP contribution in [0.3, 0.4) is 0 Å². The molecule has 5 rings (SSSR count). The number of benzene rings is 2. The fourth-order valence-electron chi connectivity index (χ4n) is 4.99. The highest BCUT2D eigenvalue weighted by Crippen LogP contribution is 2.44. The number of hydrogen-bond donors (Lipinski definition) is 1. The Morgan fingerprint density at radius 3 is 2.88 bits per heavy atom. The molecule has 2 atom stereocenters. The third kappa shape index (κ3) is 3.70. The molecule has 1 N–H and O–H groups in total. The minimum Gasteiger partial charge on any atom is -0.487 e. The molecule has 0 radical (unpaired) electrons. The van der Waals surface area contributed by atoms with E-state index in [1.807, 2.05) is 66.4 Å². The summed E-state index contributed by atoms with van der Waals surface area (Å²) in [5.41, 5.74) is 1.77. The molecule has 1 aromatic heterocycles. The molecule has 2 aromatic carbocycles. The van der Waals surface area contributed by atoms with Crippen molar-refractivity contribution in [3.05, 3.63) is 71.9 Å². The summed E-state index contributed by atoms with van der Waals surface area (Å²) in [6.45, 7) is 3.39.